The van der Waals surface area contributed by atoms with Crippen molar-refractivity contribution in [2.45, 2.75) is 151 Å². The summed E-state index contributed by atoms with van der Waals surface area (Å²) in [6, 6.07) is 12.2. The highest BCUT2D eigenvalue weighted by atomic mass is 32.2. The van der Waals surface area contributed by atoms with Crippen molar-refractivity contribution in [2.75, 3.05) is 31.1 Å². The maximum atomic E-state index is 13.5. The van der Waals surface area contributed by atoms with E-state index >= 15 is 0 Å². The molecule has 4 heterocycles. The van der Waals surface area contributed by atoms with Crippen LogP contribution in [-0.4, -0.2) is 99.4 Å². The molecule has 3 aliphatic heterocycles. The molecule has 0 radical (unpaired) electrons. The zero-order valence-corrected chi connectivity index (χ0v) is 44.3. The van der Waals surface area contributed by atoms with Crippen LogP contribution in [0.15, 0.2) is 94.4 Å². The smallest absolute Gasteiger partial charge is 0.333 e. The molecule has 3 amide bonds. The largest absolute Gasteiger partial charge is 0.492 e. The lowest BCUT2D eigenvalue weighted by molar-refractivity contribution is -0.438. The first-order chi connectivity index (χ1) is 35.3. The van der Waals surface area contributed by atoms with Gasteiger partial charge in [0, 0.05) is 96.9 Å². The molecule has 0 saturated carbocycles. The first kappa shape index (κ1) is 57.3. The van der Waals surface area contributed by atoms with E-state index in [4.69, 9.17) is 14.4 Å². The lowest BCUT2D eigenvalue weighted by Crippen LogP contribution is -2.47. The number of benzene rings is 2. The summed E-state index contributed by atoms with van der Waals surface area (Å²) in [5.41, 5.74) is 4.65. The highest BCUT2D eigenvalue weighted by molar-refractivity contribution is 7.94. The Bertz CT molecular complexity index is 2710. The molecule has 0 bridgehead atoms. The van der Waals surface area contributed by atoms with Crippen LogP contribution in [0.1, 0.15) is 135 Å². The number of nitrogens with one attached hydrogen (secondary N) is 3. The topological polar surface area (TPSA) is 258 Å². The molecule has 1 unspecified atom stereocenters. The predicted octanol–water partition coefficient (Wildman–Crippen LogP) is 7.98. The van der Waals surface area contributed by atoms with E-state index in [9.17, 15) is 42.4 Å². The number of nitrogens with zero attached hydrogens (tertiary/aromatic N) is 3. The van der Waals surface area contributed by atoms with Crippen LogP contribution in [0.5, 0.6) is 11.8 Å². The Hall–Kier alpha value is -5.97. The van der Waals surface area contributed by atoms with Crippen molar-refractivity contribution >= 4 is 62.9 Å². The molecular weight excluding hydrogens is 993 g/mol. The second-order valence-electron chi connectivity index (χ2n) is 19.8. The lowest BCUT2D eigenvalue weighted by atomic mass is 9.81. The van der Waals surface area contributed by atoms with Crippen molar-refractivity contribution in [3.8, 4) is 11.8 Å². The number of hydrogen-bond donors (Lipinski definition) is 7. The van der Waals surface area contributed by atoms with Gasteiger partial charge < -0.3 is 35.9 Å². The Kier molecular flexibility index (Phi) is 20.5. The van der Waals surface area contributed by atoms with E-state index in [0.29, 0.717) is 88.7 Å². The molecule has 0 aliphatic carbocycles. The third kappa shape index (κ3) is 15.1. The number of allylic oxidation sites excluding steroid dienone is 6. The van der Waals surface area contributed by atoms with Gasteiger partial charge in [-0.1, -0.05) is 50.0 Å². The number of aromatic hydroxyl groups is 2. The quantitative estimate of drug-likeness (QED) is 0.0227. The Morgan fingerprint density at radius 3 is 2.32 bits per heavy atom. The maximum Gasteiger partial charge on any atom is 0.333 e. The number of fused-ring (bicyclic) bond motifs is 5. The van der Waals surface area contributed by atoms with Gasteiger partial charge in [-0.2, -0.15) is 13.0 Å². The third-order valence-electron chi connectivity index (χ3n) is 13.7. The van der Waals surface area contributed by atoms with Crippen LogP contribution in [0.3, 0.4) is 0 Å². The minimum atomic E-state index is -4.44. The molecule has 19 nitrogen and oxygen atoms in total. The summed E-state index contributed by atoms with van der Waals surface area (Å²) in [7, 11) is -4.44. The molecule has 74 heavy (non-hydrogen) atoms. The molecule has 0 spiro atoms. The maximum absolute atomic E-state index is 13.5. The number of unbranched alkanes of at least 4 members (excludes halogenated alkanes) is 2. The number of aromatic nitrogens is 1. The van der Waals surface area contributed by atoms with Crippen molar-refractivity contribution in [2.24, 2.45) is 0 Å². The van der Waals surface area contributed by atoms with Gasteiger partial charge in [0.15, 0.2) is 5.71 Å². The number of carbonyl (C=O) groups is 4. The average molecular weight is 1060 g/mol. The van der Waals surface area contributed by atoms with E-state index in [1.807, 2.05) is 56.4 Å². The molecule has 0 fully saturated rings. The standard InChI is InChI=1S/C53H70N6O13S2/c1-52(2)39-35-37(73-72-71-66)25-27-42(39)57-33-18-8-12-23-47(61)56-41(51(65)55-32-15-6-13-24-50(64)70-59-48(62)29-30-49(59)63)19-14-16-31-54-46(60)22-11-7-17-34-58-43-28-26-38(74(67,68)69)36-40(43)53(3,4)45(58)21-10-5-9-20-44(52)57/h5,9-10,20-21,25-30,35-36,41H,6-8,11-19,22-24,31-34H2,1-4H3,(H6-,54,55,56,60,61,62,63,65,66,67,68,69)/p+1. The van der Waals surface area contributed by atoms with Crippen LogP contribution in [0.2, 0.25) is 0 Å². The number of amides is 3. The van der Waals surface area contributed by atoms with Crippen LogP contribution in [0.4, 0.5) is 11.4 Å². The van der Waals surface area contributed by atoms with E-state index < -0.39 is 44.7 Å². The van der Waals surface area contributed by atoms with Crippen molar-refractivity contribution in [3.63, 3.8) is 0 Å². The summed E-state index contributed by atoms with van der Waals surface area (Å²) >= 11 is 0.892. The van der Waals surface area contributed by atoms with Gasteiger partial charge in [-0.15, -0.1) is 9.06 Å². The second-order valence-corrected chi connectivity index (χ2v) is 22.0. The molecule has 3 aromatic rings. The Balaban J connectivity index is 1.15. The summed E-state index contributed by atoms with van der Waals surface area (Å²) in [6.45, 7) is 10.4. The molecule has 402 valence electrons. The summed E-state index contributed by atoms with van der Waals surface area (Å²) in [5, 5.41) is 41.0. The minimum absolute atomic E-state index is 0.0353. The predicted molar refractivity (Wildman–Crippen MR) is 279 cm³/mol. The van der Waals surface area contributed by atoms with Crippen molar-refractivity contribution in [3.05, 3.63) is 95.7 Å². The van der Waals surface area contributed by atoms with Gasteiger partial charge >= 0.3 is 5.97 Å². The normalized spacial score (nSPS) is 19.2. The molecule has 6 rings (SSSR count). The molecular formula is C53H71N6O13S2+. The molecule has 3 aliphatic rings. The Labute approximate surface area is 437 Å². The molecule has 2 aromatic carbocycles. The van der Waals surface area contributed by atoms with Gasteiger partial charge in [0.05, 0.1) is 22.4 Å². The van der Waals surface area contributed by atoms with Crippen molar-refractivity contribution in [1.82, 2.24) is 20.7 Å². The number of hydrogen-bond acceptors (Lipinski definition) is 14. The monoisotopic (exact) mass is 1060 g/mol. The minimum Gasteiger partial charge on any atom is -0.492 e. The van der Waals surface area contributed by atoms with Gasteiger partial charge in [-0.25, -0.2) is 10.1 Å². The average Bonchev–Trinajstić information content (AvgIpc) is 3.86. The SMILES string of the molecule is CC1(C)C2=CC=CC=CC3=[N+](CCCCCC(=O)NC(C(=O)NCCCCCC(=O)On4c(O)ccc4O)CCCCNC(=O)CCCCCN2c2ccc(S(=O)(=O)O)cc21)c1ccc(SOOO)cc1C3(C)C. The van der Waals surface area contributed by atoms with E-state index in [1.54, 1.807) is 12.1 Å². The van der Waals surface area contributed by atoms with Gasteiger partial charge in [-0.3, -0.25) is 18.9 Å². The molecule has 1 aromatic heterocycles. The fraction of sp³-hybridized carbons (Fsp3) is 0.491. The van der Waals surface area contributed by atoms with E-state index in [2.05, 4.69) is 50.4 Å². The van der Waals surface area contributed by atoms with Crippen molar-refractivity contribution < 1.29 is 66.4 Å². The molecule has 21 heteroatoms. The summed E-state index contributed by atoms with van der Waals surface area (Å²) in [4.78, 5) is 59.7. The number of rotatable bonds is 12. The Morgan fingerprint density at radius 2 is 1.58 bits per heavy atom. The van der Waals surface area contributed by atoms with Crippen LogP contribution in [-0.2, 0) is 49.5 Å². The number of anilines is 1. The van der Waals surface area contributed by atoms with Crippen LogP contribution in [0, 0.1) is 0 Å². The van der Waals surface area contributed by atoms with Crippen LogP contribution >= 0.6 is 12.0 Å². The van der Waals surface area contributed by atoms with Gasteiger partial charge in [0.2, 0.25) is 35.2 Å². The zero-order valence-electron chi connectivity index (χ0n) is 42.6. The van der Waals surface area contributed by atoms with Gasteiger partial charge in [0.1, 0.15) is 12.6 Å². The van der Waals surface area contributed by atoms with Crippen LogP contribution in [0.25, 0.3) is 0 Å². The third-order valence-corrected chi connectivity index (χ3v) is 15.2. The van der Waals surface area contributed by atoms with Crippen LogP contribution < -0.4 is 25.7 Å². The first-order valence-corrected chi connectivity index (χ1v) is 27.5. The fourth-order valence-electron chi connectivity index (χ4n) is 9.75. The highest BCUT2D eigenvalue weighted by Gasteiger charge is 2.44. The zero-order chi connectivity index (χ0) is 53.5. The summed E-state index contributed by atoms with van der Waals surface area (Å²) in [5.74, 6) is -2.06. The highest BCUT2D eigenvalue weighted by Crippen LogP contribution is 2.49. The fourth-order valence-corrected chi connectivity index (χ4v) is 10.7. The van der Waals surface area contributed by atoms with Gasteiger partial charge in [0.25, 0.3) is 10.1 Å². The van der Waals surface area contributed by atoms with E-state index in [-0.39, 0.29) is 35.5 Å². The summed E-state index contributed by atoms with van der Waals surface area (Å²) in [6.07, 6.45) is 18.0. The number of carbonyl (C=O) groups excluding carboxylic acids is 4. The van der Waals surface area contributed by atoms with Crippen molar-refractivity contribution in [1.29, 1.82) is 0 Å². The molecule has 1 atom stereocenters. The Morgan fingerprint density at radius 1 is 0.838 bits per heavy atom. The van der Waals surface area contributed by atoms with Gasteiger partial charge in [-0.05, 0) is 114 Å². The van der Waals surface area contributed by atoms with E-state index in [1.165, 1.54) is 18.2 Å². The lowest BCUT2D eigenvalue weighted by Gasteiger charge is -2.27. The second kappa shape index (κ2) is 26.5. The molecule has 7 N–H and O–H groups in total. The molecule has 0 saturated heterocycles. The summed E-state index contributed by atoms with van der Waals surface area (Å²) < 4.78 is 42.1. The first-order valence-electron chi connectivity index (χ1n) is 25.4. The van der Waals surface area contributed by atoms with E-state index in [0.717, 1.165) is 76.5 Å².